The summed E-state index contributed by atoms with van der Waals surface area (Å²) in [6.45, 7) is 2.24. The first-order chi connectivity index (χ1) is 10.3. The van der Waals surface area contributed by atoms with Crippen molar-refractivity contribution in [1.82, 2.24) is 0 Å². The standard InChI is InChI=1S/C19H34O2/c1-3-4-5-6-7-8-9-10-11-12-13-14-15-16-17-18-19(20)21-2/h7-8,11-12H,3-6,9-10,13-18H2,1-2H3. The third-order valence-electron chi connectivity index (χ3n) is 3.54. The van der Waals surface area contributed by atoms with Crippen LogP contribution in [0.15, 0.2) is 24.3 Å². The third kappa shape index (κ3) is 16.9. The van der Waals surface area contributed by atoms with Gasteiger partial charge >= 0.3 is 5.97 Å². The Kier molecular flexibility index (Phi) is 16.2. The number of carbonyl (C=O) groups excluding carboxylic acids is 1. The van der Waals surface area contributed by atoms with Crippen molar-refractivity contribution in [3.05, 3.63) is 24.3 Å². The molecule has 0 unspecified atom stereocenters. The Morgan fingerprint density at radius 1 is 0.762 bits per heavy atom. The maximum Gasteiger partial charge on any atom is 0.305 e. The van der Waals surface area contributed by atoms with Crippen molar-refractivity contribution in [3.8, 4) is 0 Å². The zero-order valence-electron chi connectivity index (χ0n) is 14.1. The minimum Gasteiger partial charge on any atom is -0.469 e. The summed E-state index contributed by atoms with van der Waals surface area (Å²) in [4.78, 5) is 10.9. The lowest BCUT2D eigenvalue weighted by molar-refractivity contribution is -0.140. The van der Waals surface area contributed by atoms with Gasteiger partial charge in [-0.05, 0) is 44.9 Å². The maximum atomic E-state index is 10.9. The summed E-state index contributed by atoms with van der Waals surface area (Å²) in [5.74, 6) is -0.0855. The van der Waals surface area contributed by atoms with E-state index in [0.717, 1.165) is 19.3 Å². The van der Waals surface area contributed by atoms with Gasteiger partial charge in [0.15, 0.2) is 0 Å². The van der Waals surface area contributed by atoms with Crippen LogP contribution in [0.2, 0.25) is 0 Å². The molecule has 0 aromatic carbocycles. The minimum atomic E-state index is -0.0855. The zero-order valence-corrected chi connectivity index (χ0v) is 14.1. The molecule has 0 heterocycles. The van der Waals surface area contributed by atoms with Crippen LogP contribution in [-0.2, 0) is 9.53 Å². The van der Waals surface area contributed by atoms with Crippen LogP contribution in [-0.4, -0.2) is 13.1 Å². The van der Waals surface area contributed by atoms with Crippen molar-refractivity contribution in [1.29, 1.82) is 0 Å². The number of hydrogen-bond acceptors (Lipinski definition) is 2. The Morgan fingerprint density at radius 3 is 1.86 bits per heavy atom. The first kappa shape index (κ1) is 19.9. The predicted molar refractivity (Wildman–Crippen MR) is 91.4 cm³/mol. The molecule has 0 rings (SSSR count). The number of carbonyl (C=O) groups is 1. The smallest absolute Gasteiger partial charge is 0.305 e. The molecule has 0 radical (unpaired) electrons. The second-order valence-electron chi connectivity index (χ2n) is 5.54. The molecule has 0 amide bonds. The number of rotatable bonds is 14. The van der Waals surface area contributed by atoms with Gasteiger partial charge in [-0.15, -0.1) is 0 Å². The fourth-order valence-corrected chi connectivity index (χ4v) is 2.16. The first-order valence-corrected chi connectivity index (χ1v) is 8.68. The Morgan fingerprint density at radius 2 is 1.29 bits per heavy atom. The van der Waals surface area contributed by atoms with Crippen LogP contribution >= 0.6 is 0 Å². The molecular formula is C19H34O2. The van der Waals surface area contributed by atoms with Crippen LogP contribution in [0.25, 0.3) is 0 Å². The lowest BCUT2D eigenvalue weighted by Crippen LogP contribution is -1.98. The first-order valence-electron chi connectivity index (χ1n) is 8.68. The lowest BCUT2D eigenvalue weighted by Gasteiger charge is -1.99. The summed E-state index contributed by atoms with van der Waals surface area (Å²) >= 11 is 0. The monoisotopic (exact) mass is 294 g/mol. The van der Waals surface area contributed by atoms with Crippen LogP contribution in [0.3, 0.4) is 0 Å². The van der Waals surface area contributed by atoms with E-state index in [1.807, 2.05) is 0 Å². The van der Waals surface area contributed by atoms with E-state index >= 15 is 0 Å². The summed E-state index contributed by atoms with van der Waals surface area (Å²) in [7, 11) is 1.45. The largest absolute Gasteiger partial charge is 0.469 e. The van der Waals surface area contributed by atoms with Gasteiger partial charge in [0.2, 0.25) is 0 Å². The zero-order chi connectivity index (χ0) is 15.6. The van der Waals surface area contributed by atoms with Crippen LogP contribution in [0.1, 0.15) is 84.0 Å². The molecule has 0 aliphatic heterocycles. The number of esters is 1. The van der Waals surface area contributed by atoms with Gasteiger partial charge < -0.3 is 4.74 Å². The van der Waals surface area contributed by atoms with Crippen molar-refractivity contribution < 1.29 is 9.53 Å². The molecule has 0 aromatic heterocycles. The topological polar surface area (TPSA) is 26.3 Å². The van der Waals surface area contributed by atoms with Gasteiger partial charge in [-0.2, -0.15) is 0 Å². The molecule has 0 saturated carbocycles. The molecule has 0 N–H and O–H groups in total. The molecule has 0 aliphatic carbocycles. The van der Waals surface area contributed by atoms with Crippen LogP contribution < -0.4 is 0 Å². The third-order valence-corrected chi connectivity index (χ3v) is 3.54. The molecule has 0 aliphatic rings. The number of ether oxygens (including phenoxy) is 1. The summed E-state index contributed by atoms with van der Waals surface area (Å²) in [5, 5.41) is 0. The van der Waals surface area contributed by atoms with Crippen LogP contribution in [0.4, 0.5) is 0 Å². The van der Waals surface area contributed by atoms with E-state index in [0.29, 0.717) is 6.42 Å². The molecule has 0 saturated heterocycles. The summed E-state index contributed by atoms with van der Waals surface area (Å²) in [6, 6.07) is 0. The quantitative estimate of drug-likeness (QED) is 0.224. The van der Waals surface area contributed by atoms with E-state index in [9.17, 15) is 4.79 Å². The Balaban J connectivity index is 3.20. The van der Waals surface area contributed by atoms with E-state index in [2.05, 4.69) is 36.0 Å². The predicted octanol–water partition coefficient (Wildman–Crippen LogP) is 5.97. The highest BCUT2D eigenvalue weighted by Crippen LogP contribution is 2.07. The van der Waals surface area contributed by atoms with Gasteiger partial charge in [0.05, 0.1) is 7.11 Å². The SMILES string of the molecule is CCCCCC=CCCC=CCCCCCCC(=O)OC. The molecule has 21 heavy (non-hydrogen) atoms. The molecule has 0 bridgehead atoms. The number of unbranched alkanes of at least 4 members (excludes halogenated alkanes) is 8. The van der Waals surface area contributed by atoms with Crippen molar-refractivity contribution >= 4 is 5.97 Å². The number of hydrogen-bond donors (Lipinski definition) is 0. The van der Waals surface area contributed by atoms with E-state index < -0.39 is 0 Å². The van der Waals surface area contributed by atoms with E-state index in [1.54, 1.807) is 0 Å². The normalized spacial score (nSPS) is 11.5. The fraction of sp³-hybridized carbons (Fsp3) is 0.737. The Labute approximate surface area is 131 Å². The molecular weight excluding hydrogens is 260 g/mol. The highest BCUT2D eigenvalue weighted by molar-refractivity contribution is 5.68. The number of allylic oxidation sites excluding steroid dienone is 4. The van der Waals surface area contributed by atoms with Gasteiger partial charge in [-0.25, -0.2) is 0 Å². The highest BCUT2D eigenvalue weighted by atomic mass is 16.5. The molecule has 0 spiro atoms. The average molecular weight is 294 g/mol. The van der Waals surface area contributed by atoms with Gasteiger partial charge in [0.1, 0.15) is 0 Å². The van der Waals surface area contributed by atoms with Crippen molar-refractivity contribution in [3.63, 3.8) is 0 Å². The van der Waals surface area contributed by atoms with E-state index in [4.69, 9.17) is 0 Å². The van der Waals surface area contributed by atoms with E-state index in [-0.39, 0.29) is 5.97 Å². The van der Waals surface area contributed by atoms with Crippen LogP contribution in [0, 0.1) is 0 Å². The summed E-state index contributed by atoms with van der Waals surface area (Å²) < 4.78 is 4.61. The average Bonchev–Trinajstić information content (AvgIpc) is 2.50. The van der Waals surface area contributed by atoms with Gasteiger partial charge in [-0.3, -0.25) is 4.79 Å². The second-order valence-corrected chi connectivity index (χ2v) is 5.54. The number of methoxy groups -OCH3 is 1. The van der Waals surface area contributed by atoms with Gasteiger partial charge in [0.25, 0.3) is 0 Å². The highest BCUT2D eigenvalue weighted by Gasteiger charge is 1.98. The van der Waals surface area contributed by atoms with Crippen LogP contribution in [0.5, 0.6) is 0 Å². The Bertz CT molecular complexity index is 279. The molecule has 0 fully saturated rings. The van der Waals surface area contributed by atoms with Crippen molar-refractivity contribution in [2.75, 3.05) is 7.11 Å². The summed E-state index contributed by atoms with van der Waals surface area (Å²) in [5.41, 5.74) is 0. The molecule has 2 heteroatoms. The Hall–Kier alpha value is -1.05. The second kappa shape index (κ2) is 17.0. The van der Waals surface area contributed by atoms with Gasteiger partial charge in [-0.1, -0.05) is 56.9 Å². The molecule has 122 valence electrons. The molecule has 0 aromatic rings. The van der Waals surface area contributed by atoms with E-state index in [1.165, 1.54) is 58.5 Å². The molecule has 2 nitrogen and oxygen atoms in total. The lowest BCUT2D eigenvalue weighted by atomic mass is 10.1. The fourth-order valence-electron chi connectivity index (χ4n) is 2.16. The van der Waals surface area contributed by atoms with Crippen molar-refractivity contribution in [2.45, 2.75) is 84.0 Å². The summed E-state index contributed by atoms with van der Waals surface area (Å²) in [6.07, 6.45) is 23.0. The molecule has 0 atom stereocenters. The maximum absolute atomic E-state index is 10.9. The van der Waals surface area contributed by atoms with Crippen molar-refractivity contribution in [2.24, 2.45) is 0 Å². The van der Waals surface area contributed by atoms with Gasteiger partial charge in [0, 0.05) is 6.42 Å². The minimum absolute atomic E-state index is 0.0855.